The predicted octanol–water partition coefficient (Wildman–Crippen LogP) is 3.43. The molecule has 1 fully saturated rings. The first-order chi connectivity index (χ1) is 10.3. The third-order valence-electron chi connectivity index (χ3n) is 3.72. The van der Waals surface area contributed by atoms with Crippen molar-refractivity contribution in [2.24, 2.45) is 0 Å². The summed E-state index contributed by atoms with van der Waals surface area (Å²) in [6.45, 7) is 3.58. The first-order valence-electron chi connectivity index (χ1n) is 7.32. The second-order valence-corrected chi connectivity index (χ2v) is 5.09. The van der Waals surface area contributed by atoms with E-state index in [0.717, 1.165) is 29.6 Å². The van der Waals surface area contributed by atoms with Crippen molar-refractivity contribution in [3.8, 4) is 5.75 Å². The van der Waals surface area contributed by atoms with E-state index in [1.807, 2.05) is 31.2 Å². The summed E-state index contributed by atoms with van der Waals surface area (Å²) >= 11 is 0. The number of rotatable bonds is 3. The lowest BCUT2D eigenvalue weighted by Gasteiger charge is -2.31. The van der Waals surface area contributed by atoms with Crippen LogP contribution in [0.2, 0.25) is 0 Å². The minimum Gasteiger partial charge on any atom is -0.490 e. The molecule has 1 aliphatic rings. The van der Waals surface area contributed by atoms with Crippen LogP contribution in [0.4, 0.5) is 4.79 Å². The van der Waals surface area contributed by atoms with Crippen LogP contribution in [0.1, 0.15) is 19.8 Å². The molecule has 1 aromatic heterocycles. The molecule has 0 N–H and O–H groups in total. The van der Waals surface area contributed by atoms with E-state index >= 15 is 0 Å². The van der Waals surface area contributed by atoms with E-state index in [-0.39, 0.29) is 12.2 Å². The summed E-state index contributed by atoms with van der Waals surface area (Å²) in [5, 5.41) is 0.991. The molecule has 5 heteroatoms. The number of piperidine rings is 1. The smallest absolute Gasteiger partial charge is 0.409 e. The van der Waals surface area contributed by atoms with Gasteiger partial charge in [-0.15, -0.1) is 0 Å². The highest BCUT2D eigenvalue weighted by Crippen LogP contribution is 2.28. The number of amides is 1. The molecular weight excluding hydrogens is 270 g/mol. The zero-order valence-corrected chi connectivity index (χ0v) is 12.1. The third-order valence-corrected chi connectivity index (χ3v) is 3.72. The fourth-order valence-corrected chi connectivity index (χ4v) is 2.62. The molecule has 0 aliphatic carbocycles. The number of nitrogens with zero attached hydrogens (tertiary/aromatic N) is 1. The summed E-state index contributed by atoms with van der Waals surface area (Å²) in [5.41, 5.74) is 0.830. The van der Waals surface area contributed by atoms with Crippen LogP contribution in [-0.2, 0) is 4.74 Å². The van der Waals surface area contributed by atoms with Crippen molar-refractivity contribution in [1.29, 1.82) is 0 Å². The van der Waals surface area contributed by atoms with Gasteiger partial charge in [-0.05, 0) is 25.1 Å². The molecule has 2 aromatic rings. The van der Waals surface area contributed by atoms with Crippen LogP contribution in [-0.4, -0.2) is 36.8 Å². The maximum atomic E-state index is 11.7. The molecule has 1 aliphatic heterocycles. The van der Waals surface area contributed by atoms with E-state index in [4.69, 9.17) is 13.9 Å². The molecule has 2 heterocycles. The van der Waals surface area contributed by atoms with Crippen LogP contribution in [0.15, 0.2) is 34.9 Å². The number of fused-ring (bicyclic) bond motifs is 1. The number of hydrogen-bond donors (Lipinski definition) is 0. The molecule has 5 nitrogen and oxygen atoms in total. The number of ether oxygens (including phenoxy) is 2. The molecule has 21 heavy (non-hydrogen) atoms. The van der Waals surface area contributed by atoms with E-state index in [1.54, 1.807) is 11.2 Å². The molecule has 0 spiro atoms. The fourth-order valence-electron chi connectivity index (χ4n) is 2.62. The van der Waals surface area contributed by atoms with Crippen LogP contribution in [0, 0.1) is 0 Å². The van der Waals surface area contributed by atoms with Gasteiger partial charge < -0.3 is 18.8 Å². The van der Waals surface area contributed by atoms with Crippen molar-refractivity contribution in [3.63, 3.8) is 0 Å². The van der Waals surface area contributed by atoms with Crippen LogP contribution < -0.4 is 4.74 Å². The molecule has 112 valence electrons. The van der Waals surface area contributed by atoms with Gasteiger partial charge in [-0.1, -0.05) is 6.07 Å². The van der Waals surface area contributed by atoms with Gasteiger partial charge in [-0.2, -0.15) is 0 Å². The van der Waals surface area contributed by atoms with Crippen molar-refractivity contribution < 1.29 is 18.7 Å². The van der Waals surface area contributed by atoms with E-state index in [0.29, 0.717) is 19.7 Å². The summed E-state index contributed by atoms with van der Waals surface area (Å²) in [6.07, 6.45) is 3.19. The molecule has 1 aromatic carbocycles. The molecule has 0 atom stereocenters. The van der Waals surface area contributed by atoms with Gasteiger partial charge >= 0.3 is 6.09 Å². The maximum Gasteiger partial charge on any atom is 0.409 e. The second-order valence-electron chi connectivity index (χ2n) is 5.09. The molecule has 0 radical (unpaired) electrons. The molecule has 0 saturated carbocycles. The van der Waals surface area contributed by atoms with Gasteiger partial charge in [0.25, 0.3) is 0 Å². The summed E-state index contributed by atoms with van der Waals surface area (Å²) < 4.78 is 16.5. The minimum absolute atomic E-state index is 0.121. The van der Waals surface area contributed by atoms with Gasteiger partial charge in [0.15, 0.2) is 0 Å². The average molecular weight is 289 g/mol. The Labute approximate surface area is 123 Å². The van der Waals surface area contributed by atoms with Crippen molar-refractivity contribution in [3.05, 3.63) is 30.5 Å². The van der Waals surface area contributed by atoms with Crippen LogP contribution >= 0.6 is 0 Å². The zero-order valence-electron chi connectivity index (χ0n) is 12.1. The second kappa shape index (κ2) is 6.08. The van der Waals surface area contributed by atoms with Crippen molar-refractivity contribution in [2.75, 3.05) is 19.7 Å². The van der Waals surface area contributed by atoms with E-state index < -0.39 is 0 Å². The quantitative estimate of drug-likeness (QED) is 0.868. The highest BCUT2D eigenvalue weighted by atomic mass is 16.6. The number of likely N-dealkylation sites (tertiary alicyclic amines) is 1. The lowest BCUT2D eigenvalue weighted by molar-refractivity contribution is 0.0708. The normalized spacial score (nSPS) is 16.1. The predicted molar refractivity (Wildman–Crippen MR) is 78.5 cm³/mol. The molecular formula is C16H19NO4. The highest BCUT2D eigenvalue weighted by molar-refractivity contribution is 5.83. The Kier molecular flexibility index (Phi) is 3.99. The molecule has 3 rings (SSSR count). The first kappa shape index (κ1) is 13.8. The van der Waals surface area contributed by atoms with Gasteiger partial charge in [0.1, 0.15) is 17.4 Å². The van der Waals surface area contributed by atoms with Crippen LogP contribution in [0.25, 0.3) is 11.0 Å². The number of carbonyl (C=O) groups excluding carboxylic acids is 1. The maximum absolute atomic E-state index is 11.7. The Balaban J connectivity index is 1.60. The Hall–Kier alpha value is -2.17. The summed E-state index contributed by atoms with van der Waals surface area (Å²) in [6, 6.07) is 7.72. The third kappa shape index (κ3) is 2.96. The van der Waals surface area contributed by atoms with Gasteiger partial charge in [-0.25, -0.2) is 4.79 Å². The number of carbonyl (C=O) groups is 1. The number of hydrogen-bond acceptors (Lipinski definition) is 4. The Morgan fingerprint density at radius 2 is 2.14 bits per heavy atom. The van der Waals surface area contributed by atoms with Gasteiger partial charge in [0.05, 0.1) is 18.3 Å². The summed E-state index contributed by atoms with van der Waals surface area (Å²) in [5.74, 6) is 0.843. The lowest BCUT2D eigenvalue weighted by Crippen LogP contribution is -2.42. The first-order valence-corrected chi connectivity index (χ1v) is 7.32. The Morgan fingerprint density at radius 3 is 2.90 bits per heavy atom. The fraction of sp³-hybridized carbons (Fsp3) is 0.438. The number of furan rings is 1. The molecule has 1 saturated heterocycles. The van der Waals surface area contributed by atoms with Crippen molar-refractivity contribution in [1.82, 2.24) is 4.90 Å². The largest absolute Gasteiger partial charge is 0.490 e. The van der Waals surface area contributed by atoms with Crippen LogP contribution in [0.3, 0.4) is 0 Å². The average Bonchev–Trinajstić information content (AvgIpc) is 2.98. The minimum atomic E-state index is -0.229. The number of benzene rings is 1. The Morgan fingerprint density at radius 1 is 1.33 bits per heavy atom. The highest BCUT2D eigenvalue weighted by Gasteiger charge is 2.25. The van der Waals surface area contributed by atoms with Gasteiger partial charge in [0, 0.05) is 25.9 Å². The summed E-state index contributed by atoms with van der Waals surface area (Å²) in [7, 11) is 0. The molecule has 1 amide bonds. The monoisotopic (exact) mass is 289 g/mol. The van der Waals surface area contributed by atoms with E-state index in [2.05, 4.69) is 0 Å². The lowest BCUT2D eigenvalue weighted by atomic mass is 10.1. The van der Waals surface area contributed by atoms with Crippen LogP contribution in [0.5, 0.6) is 5.75 Å². The zero-order chi connectivity index (χ0) is 14.7. The SMILES string of the molecule is CCOC(=O)N1CCC(Oc2cccc3occc23)CC1. The van der Waals surface area contributed by atoms with E-state index in [9.17, 15) is 4.79 Å². The molecule has 0 bridgehead atoms. The standard InChI is InChI=1S/C16H19NO4/c1-2-19-16(18)17-9-6-12(7-10-17)21-15-5-3-4-14-13(15)8-11-20-14/h3-5,8,11-12H,2,6-7,9-10H2,1H3. The van der Waals surface area contributed by atoms with Gasteiger partial charge in [-0.3, -0.25) is 0 Å². The topological polar surface area (TPSA) is 51.9 Å². The van der Waals surface area contributed by atoms with Crippen molar-refractivity contribution in [2.45, 2.75) is 25.9 Å². The summed E-state index contributed by atoms with van der Waals surface area (Å²) in [4.78, 5) is 13.4. The van der Waals surface area contributed by atoms with Gasteiger partial charge in [0.2, 0.25) is 0 Å². The van der Waals surface area contributed by atoms with Crippen molar-refractivity contribution >= 4 is 17.1 Å². The van der Waals surface area contributed by atoms with E-state index in [1.165, 1.54) is 0 Å². The Bertz CT molecular complexity index is 614. The molecule has 0 unspecified atom stereocenters.